The number of rotatable bonds is 8. The van der Waals surface area contributed by atoms with Gasteiger partial charge in [0.05, 0.1) is 48.2 Å². The molecular formula is C24H27F3N6O. The van der Waals surface area contributed by atoms with Gasteiger partial charge in [0, 0.05) is 23.4 Å². The highest BCUT2D eigenvalue weighted by molar-refractivity contribution is 5.76. The number of carbonyl (C=O) groups excluding carboxylic acids is 1. The minimum absolute atomic E-state index is 0.151. The zero-order valence-electron chi connectivity index (χ0n) is 19.6. The van der Waals surface area contributed by atoms with Crippen LogP contribution in [-0.2, 0) is 23.9 Å². The van der Waals surface area contributed by atoms with Crippen LogP contribution in [-0.4, -0.2) is 25.5 Å². The number of hydrogen-bond donors (Lipinski definition) is 1. The molecule has 0 fully saturated rings. The monoisotopic (exact) mass is 472 g/mol. The molecule has 34 heavy (non-hydrogen) atoms. The van der Waals surface area contributed by atoms with Crippen LogP contribution in [0.1, 0.15) is 59.6 Å². The van der Waals surface area contributed by atoms with E-state index in [0.717, 1.165) is 34.6 Å². The summed E-state index contributed by atoms with van der Waals surface area (Å²) in [4.78, 5) is 12.6. The summed E-state index contributed by atoms with van der Waals surface area (Å²) in [6.45, 7) is 7.90. The number of aryl methyl sites for hydroxylation is 2. The lowest BCUT2D eigenvalue weighted by Gasteiger charge is -2.15. The summed E-state index contributed by atoms with van der Waals surface area (Å²) in [6.07, 6.45) is -1.73. The SMILES string of the molecule is Cc1nn(CCC#N)c(C)c1CCC(=O)NC(C)c1cnn(-c2cccc(C(F)(F)F)c2)c1C. The smallest absolute Gasteiger partial charge is 0.349 e. The number of hydrogen-bond acceptors (Lipinski definition) is 4. The molecule has 0 bridgehead atoms. The van der Waals surface area contributed by atoms with Gasteiger partial charge in [0.1, 0.15) is 0 Å². The predicted molar refractivity (Wildman–Crippen MR) is 120 cm³/mol. The van der Waals surface area contributed by atoms with Crippen LogP contribution in [0, 0.1) is 32.1 Å². The Balaban J connectivity index is 1.67. The van der Waals surface area contributed by atoms with Crippen molar-refractivity contribution in [3.8, 4) is 11.8 Å². The van der Waals surface area contributed by atoms with Gasteiger partial charge < -0.3 is 5.32 Å². The Hall–Kier alpha value is -3.61. The fraction of sp³-hybridized carbons (Fsp3) is 0.417. The van der Waals surface area contributed by atoms with Crippen LogP contribution >= 0.6 is 0 Å². The van der Waals surface area contributed by atoms with Gasteiger partial charge in [-0.2, -0.15) is 28.6 Å². The van der Waals surface area contributed by atoms with Crippen molar-refractivity contribution in [2.45, 2.75) is 65.7 Å². The quantitative estimate of drug-likeness (QED) is 0.513. The zero-order chi connectivity index (χ0) is 25.0. The molecule has 2 heterocycles. The number of halogens is 3. The predicted octanol–water partition coefficient (Wildman–Crippen LogP) is 4.74. The molecule has 3 rings (SSSR count). The van der Waals surface area contributed by atoms with Gasteiger partial charge >= 0.3 is 6.18 Å². The van der Waals surface area contributed by atoms with Crippen molar-refractivity contribution in [1.29, 1.82) is 5.26 Å². The largest absolute Gasteiger partial charge is 0.416 e. The highest BCUT2D eigenvalue weighted by Crippen LogP contribution is 2.31. The molecular weight excluding hydrogens is 445 g/mol. The lowest BCUT2D eigenvalue weighted by molar-refractivity contribution is -0.137. The van der Waals surface area contributed by atoms with E-state index in [0.29, 0.717) is 30.8 Å². The molecule has 0 saturated heterocycles. The maximum absolute atomic E-state index is 13.1. The molecule has 1 unspecified atom stereocenters. The first-order valence-electron chi connectivity index (χ1n) is 10.9. The number of aromatic nitrogens is 4. The van der Waals surface area contributed by atoms with Crippen LogP contribution in [0.15, 0.2) is 30.5 Å². The number of alkyl halides is 3. The molecule has 10 heteroatoms. The van der Waals surface area contributed by atoms with Gasteiger partial charge in [0.2, 0.25) is 5.91 Å². The van der Waals surface area contributed by atoms with Gasteiger partial charge in [0.15, 0.2) is 0 Å². The van der Waals surface area contributed by atoms with E-state index in [4.69, 9.17) is 5.26 Å². The first-order chi connectivity index (χ1) is 16.0. The summed E-state index contributed by atoms with van der Waals surface area (Å²) in [7, 11) is 0. The topological polar surface area (TPSA) is 88.5 Å². The summed E-state index contributed by atoms with van der Waals surface area (Å²) < 4.78 is 42.4. The van der Waals surface area contributed by atoms with Crippen LogP contribution in [0.3, 0.4) is 0 Å². The molecule has 0 aliphatic heterocycles. The number of nitrogens with one attached hydrogen (secondary N) is 1. The van der Waals surface area contributed by atoms with E-state index in [1.54, 1.807) is 23.9 Å². The van der Waals surface area contributed by atoms with Gasteiger partial charge in [-0.3, -0.25) is 9.48 Å². The Morgan fingerprint density at radius 1 is 1.24 bits per heavy atom. The van der Waals surface area contributed by atoms with Gasteiger partial charge in [-0.05, 0) is 57.9 Å². The molecule has 3 aromatic rings. The second kappa shape index (κ2) is 10.1. The highest BCUT2D eigenvalue weighted by Gasteiger charge is 2.30. The number of amides is 1. The van der Waals surface area contributed by atoms with Crippen LogP contribution in [0.2, 0.25) is 0 Å². The van der Waals surface area contributed by atoms with E-state index in [1.165, 1.54) is 10.7 Å². The zero-order valence-corrected chi connectivity index (χ0v) is 19.6. The van der Waals surface area contributed by atoms with Gasteiger partial charge in [-0.15, -0.1) is 0 Å². The third kappa shape index (κ3) is 5.47. The summed E-state index contributed by atoms with van der Waals surface area (Å²) in [5.41, 5.74) is 3.72. The molecule has 0 saturated carbocycles. The second-order valence-electron chi connectivity index (χ2n) is 8.22. The summed E-state index contributed by atoms with van der Waals surface area (Å²) in [5, 5.41) is 20.4. The molecule has 1 atom stereocenters. The molecule has 2 aromatic heterocycles. The van der Waals surface area contributed by atoms with Crippen molar-refractivity contribution in [3.05, 3.63) is 64.2 Å². The average molecular weight is 473 g/mol. The van der Waals surface area contributed by atoms with E-state index in [1.807, 2.05) is 20.8 Å². The normalized spacial score (nSPS) is 12.4. The first kappa shape index (κ1) is 25.0. The molecule has 0 spiro atoms. The Morgan fingerprint density at radius 2 is 1.97 bits per heavy atom. The van der Waals surface area contributed by atoms with E-state index in [2.05, 4.69) is 21.6 Å². The van der Waals surface area contributed by atoms with E-state index < -0.39 is 11.7 Å². The van der Waals surface area contributed by atoms with Gasteiger partial charge in [0.25, 0.3) is 0 Å². The van der Waals surface area contributed by atoms with E-state index >= 15 is 0 Å². The van der Waals surface area contributed by atoms with E-state index in [9.17, 15) is 18.0 Å². The third-order valence-electron chi connectivity index (χ3n) is 5.88. The number of nitrogens with zero attached hydrogens (tertiary/aromatic N) is 5. The fourth-order valence-electron chi connectivity index (χ4n) is 4.02. The van der Waals surface area contributed by atoms with Crippen LogP contribution < -0.4 is 5.32 Å². The van der Waals surface area contributed by atoms with Crippen molar-refractivity contribution >= 4 is 5.91 Å². The molecule has 7 nitrogen and oxygen atoms in total. The van der Waals surface area contributed by atoms with Crippen molar-refractivity contribution < 1.29 is 18.0 Å². The van der Waals surface area contributed by atoms with Gasteiger partial charge in [-0.25, -0.2) is 4.68 Å². The number of benzene rings is 1. The third-order valence-corrected chi connectivity index (χ3v) is 5.88. The van der Waals surface area contributed by atoms with Crippen molar-refractivity contribution in [3.63, 3.8) is 0 Å². The average Bonchev–Trinajstić information content (AvgIpc) is 3.29. The van der Waals surface area contributed by atoms with Crippen molar-refractivity contribution in [1.82, 2.24) is 24.9 Å². The molecule has 180 valence electrons. The van der Waals surface area contributed by atoms with Crippen LogP contribution in [0.25, 0.3) is 5.69 Å². The summed E-state index contributed by atoms with van der Waals surface area (Å²) in [5.74, 6) is -0.151. The maximum atomic E-state index is 13.1. The molecule has 1 N–H and O–H groups in total. The molecule has 0 aliphatic carbocycles. The summed E-state index contributed by atoms with van der Waals surface area (Å²) >= 11 is 0. The fourth-order valence-corrected chi connectivity index (χ4v) is 4.02. The van der Waals surface area contributed by atoms with Crippen LogP contribution in [0.4, 0.5) is 13.2 Å². The summed E-state index contributed by atoms with van der Waals surface area (Å²) in [6, 6.07) is 6.71. The Labute approximate surface area is 196 Å². The molecule has 0 aliphatic rings. The Morgan fingerprint density at radius 3 is 2.65 bits per heavy atom. The Kier molecular flexibility index (Phi) is 7.44. The molecule has 1 amide bonds. The minimum atomic E-state index is -4.44. The first-order valence-corrected chi connectivity index (χ1v) is 10.9. The van der Waals surface area contributed by atoms with Crippen LogP contribution in [0.5, 0.6) is 0 Å². The molecule has 0 radical (unpaired) electrons. The highest BCUT2D eigenvalue weighted by atomic mass is 19.4. The lowest BCUT2D eigenvalue weighted by Crippen LogP contribution is -2.27. The maximum Gasteiger partial charge on any atom is 0.416 e. The van der Waals surface area contributed by atoms with Crippen molar-refractivity contribution in [2.75, 3.05) is 0 Å². The van der Waals surface area contributed by atoms with Gasteiger partial charge in [-0.1, -0.05) is 6.07 Å². The lowest BCUT2D eigenvalue weighted by atomic mass is 10.1. The minimum Gasteiger partial charge on any atom is -0.349 e. The van der Waals surface area contributed by atoms with E-state index in [-0.39, 0.29) is 18.4 Å². The Bertz CT molecular complexity index is 1220. The number of carbonyl (C=O) groups is 1. The number of nitriles is 1. The molecule has 1 aromatic carbocycles. The second-order valence-corrected chi connectivity index (χ2v) is 8.22. The standard InChI is InChI=1S/C24H27F3N6O/c1-15(30-23(34)10-9-21-16(2)31-32(17(21)3)12-6-11-28)22-14-29-33(18(22)4)20-8-5-7-19(13-20)24(25,26)27/h5,7-8,13-15H,6,9-10,12H2,1-4H3,(H,30,34). The van der Waals surface area contributed by atoms with Crippen molar-refractivity contribution in [2.24, 2.45) is 0 Å².